The van der Waals surface area contributed by atoms with Gasteiger partial charge in [-0.3, -0.25) is 9.48 Å². The molecule has 0 radical (unpaired) electrons. The van der Waals surface area contributed by atoms with Gasteiger partial charge < -0.3 is 10.4 Å². The number of aryl methyl sites for hydroxylation is 2. The molecule has 7 heteroatoms. The van der Waals surface area contributed by atoms with Gasteiger partial charge in [0.2, 0.25) is 0 Å². The molecule has 1 amide bonds. The molecule has 2 aliphatic rings. The highest BCUT2D eigenvalue weighted by atomic mass is 35.5. The van der Waals surface area contributed by atoms with Crippen LogP contribution in [0.3, 0.4) is 0 Å². The summed E-state index contributed by atoms with van der Waals surface area (Å²) in [5.41, 5.74) is 5.75. The van der Waals surface area contributed by atoms with Crippen molar-refractivity contribution in [1.29, 1.82) is 0 Å². The minimum Gasteiger partial charge on any atom is -0.478 e. The van der Waals surface area contributed by atoms with Gasteiger partial charge in [0.05, 0.1) is 34.9 Å². The van der Waals surface area contributed by atoms with Crippen LogP contribution in [0.5, 0.6) is 0 Å². The second-order valence-corrected chi connectivity index (χ2v) is 10.3. The van der Waals surface area contributed by atoms with E-state index in [1.807, 2.05) is 47.3 Å². The molecule has 0 unspecified atom stereocenters. The summed E-state index contributed by atoms with van der Waals surface area (Å²) in [7, 11) is 0. The van der Waals surface area contributed by atoms with Crippen LogP contribution in [-0.4, -0.2) is 26.8 Å². The number of fused-ring (bicyclic) bond motifs is 3. The molecule has 0 bridgehead atoms. The maximum atomic E-state index is 13.8. The second-order valence-electron chi connectivity index (χ2n) is 9.88. The number of carboxylic acids is 1. The van der Waals surface area contributed by atoms with Crippen molar-refractivity contribution in [1.82, 2.24) is 15.1 Å². The second kappa shape index (κ2) is 8.79. The lowest BCUT2D eigenvalue weighted by Gasteiger charge is -2.22. The van der Waals surface area contributed by atoms with Gasteiger partial charge in [0.15, 0.2) is 0 Å². The number of carbonyl (C=O) groups is 2. The van der Waals surface area contributed by atoms with Crippen molar-refractivity contribution in [3.8, 4) is 0 Å². The lowest BCUT2D eigenvalue weighted by atomic mass is 9.87. The highest BCUT2D eigenvalue weighted by molar-refractivity contribution is 6.30. The number of hydrogen-bond donors (Lipinski definition) is 2. The van der Waals surface area contributed by atoms with Crippen molar-refractivity contribution >= 4 is 34.4 Å². The molecule has 182 valence electrons. The largest absolute Gasteiger partial charge is 0.478 e. The number of hydrogen-bond acceptors (Lipinski definition) is 3. The predicted octanol–water partition coefficient (Wildman–Crippen LogP) is 5.73. The fraction of sp³-hybridized carbons (Fsp3) is 0.276. The normalized spacial score (nSPS) is 15.9. The molecule has 6 rings (SSSR count). The number of nitrogens with zero attached hydrogens (tertiary/aromatic N) is 2. The number of carbonyl (C=O) groups excluding carboxylic acids is 1. The van der Waals surface area contributed by atoms with Crippen molar-refractivity contribution in [2.24, 2.45) is 0 Å². The van der Waals surface area contributed by atoms with E-state index in [0.29, 0.717) is 17.1 Å². The van der Waals surface area contributed by atoms with Crippen molar-refractivity contribution in [2.45, 2.75) is 50.6 Å². The van der Waals surface area contributed by atoms with Crippen LogP contribution < -0.4 is 5.32 Å². The van der Waals surface area contributed by atoms with Gasteiger partial charge in [-0.2, -0.15) is 5.10 Å². The first kappa shape index (κ1) is 22.8. The fourth-order valence-corrected chi connectivity index (χ4v) is 5.67. The first-order valence-corrected chi connectivity index (χ1v) is 12.7. The molecule has 1 fully saturated rings. The summed E-state index contributed by atoms with van der Waals surface area (Å²) in [5.74, 6) is -1.08. The monoisotopic (exact) mass is 499 g/mol. The highest BCUT2D eigenvalue weighted by Crippen LogP contribution is 2.46. The third-order valence-electron chi connectivity index (χ3n) is 7.50. The number of aromatic carboxylic acids is 1. The van der Waals surface area contributed by atoms with Gasteiger partial charge in [-0.15, -0.1) is 0 Å². The molecule has 1 heterocycles. The van der Waals surface area contributed by atoms with Crippen molar-refractivity contribution in [2.75, 3.05) is 0 Å². The van der Waals surface area contributed by atoms with E-state index in [1.165, 1.54) is 11.1 Å². The minimum absolute atomic E-state index is 0.124. The summed E-state index contributed by atoms with van der Waals surface area (Å²) in [6.45, 7) is 0.519. The maximum Gasteiger partial charge on any atom is 0.335 e. The number of halogens is 1. The average Bonchev–Trinajstić information content (AvgIpc) is 3.54. The molecule has 2 aliphatic carbocycles. The van der Waals surface area contributed by atoms with E-state index in [9.17, 15) is 14.7 Å². The molecule has 4 aromatic rings. The lowest BCUT2D eigenvalue weighted by molar-refractivity contribution is 0.0696. The standard InChI is InChI=1S/C29H26ClN3O3/c30-22-6-3-4-18(14-22)17-33-26-24(15-20-5-1-2-7-23(20)25(26)16-31-33)27(34)32-29(12-13-29)21-10-8-19(9-11-21)28(35)36/h3-4,6,8-11,14-16H,1-2,5,7,12-13,17H2,(H,32,34)(H,35,36). The molecule has 2 N–H and O–H groups in total. The molecule has 6 nitrogen and oxygen atoms in total. The Hall–Kier alpha value is -3.64. The zero-order valence-electron chi connectivity index (χ0n) is 19.8. The van der Waals surface area contributed by atoms with Crippen LogP contribution in [0.2, 0.25) is 5.02 Å². The van der Waals surface area contributed by atoms with Crippen molar-refractivity contribution < 1.29 is 14.7 Å². The maximum absolute atomic E-state index is 13.8. The van der Waals surface area contributed by atoms with E-state index in [-0.39, 0.29) is 11.5 Å². The summed E-state index contributed by atoms with van der Waals surface area (Å²) in [6, 6.07) is 16.6. The van der Waals surface area contributed by atoms with E-state index in [2.05, 4.69) is 11.4 Å². The van der Waals surface area contributed by atoms with Crippen LogP contribution in [-0.2, 0) is 24.9 Å². The number of nitrogens with one attached hydrogen (secondary N) is 1. The Morgan fingerprint density at radius 1 is 1.06 bits per heavy atom. The van der Waals surface area contributed by atoms with Crippen LogP contribution in [0.15, 0.2) is 60.8 Å². The quantitative estimate of drug-likeness (QED) is 0.354. The van der Waals surface area contributed by atoms with Gasteiger partial charge in [-0.05, 0) is 91.1 Å². The number of aromatic nitrogens is 2. The van der Waals surface area contributed by atoms with E-state index in [0.717, 1.165) is 60.6 Å². The van der Waals surface area contributed by atoms with Crippen molar-refractivity contribution in [3.63, 3.8) is 0 Å². The highest BCUT2D eigenvalue weighted by Gasteiger charge is 2.46. The first-order valence-electron chi connectivity index (χ1n) is 12.3. The van der Waals surface area contributed by atoms with E-state index in [4.69, 9.17) is 16.7 Å². The van der Waals surface area contributed by atoms with Crippen LogP contribution in [0.1, 0.15) is 68.7 Å². The molecule has 0 saturated heterocycles. The number of benzene rings is 3. The van der Waals surface area contributed by atoms with Gasteiger partial charge in [0.25, 0.3) is 5.91 Å². The lowest BCUT2D eigenvalue weighted by Crippen LogP contribution is -2.35. The molecule has 3 aromatic carbocycles. The summed E-state index contributed by atoms with van der Waals surface area (Å²) in [6.07, 6.45) is 7.77. The van der Waals surface area contributed by atoms with E-state index < -0.39 is 11.5 Å². The minimum atomic E-state index is -0.958. The Kier molecular flexibility index (Phi) is 5.56. The van der Waals surface area contributed by atoms with Gasteiger partial charge >= 0.3 is 5.97 Å². The average molecular weight is 500 g/mol. The third-order valence-corrected chi connectivity index (χ3v) is 7.74. The van der Waals surface area contributed by atoms with Crippen LogP contribution >= 0.6 is 11.6 Å². The van der Waals surface area contributed by atoms with E-state index in [1.54, 1.807) is 12.1 Å². The smallest absolute Gasteiger partial charge is 0.335 e. The summed E-state index contributed by atoms with van der Waals surface area (Å²) < 4.78 is 1.91. The molecule has 0 atom stereocenters. The Morgan fingerprint density at radius 2 is 1.83 bits per heavy atom. The zero-order chi connectivity index (χ0) is 24.9. The Morgan fingerprint density at radius 3 is 2.56 bits per heavy atom. The molecular weight excluding hydrogens is 474 g/mol. The summed E-state index contributed by atoms with van der Waals surface area (Å²) in [5, 5.41) is 18.9. The first-order chi connectivity index (χ1) is 17.4. The Bertz CT molecular complexity index is 1500. The van der Waals surface area contributed by atoms with Gasteiger partial charge in [0.1, 0.15) is 0 Å². The third kappa shape index (κ3) is 4.05. The summed E-state index contributed by atoms with van der Waals surface area (Å²) >= 11 is 6.22. The SMILES string of the molecule is O=C(O)c1ccc(C2(NC(=O)c3cc4c(c5cnn(Cc6cccc(Cl)c6)c35)CCCC4)CC2)cc1. The molecule has 1 saturated carbocycles. The van der Waals surface area contributed by atoms with Crippen molar-refractivity contribution in [3.05, 3.63) is 99.2 Å². The van der Waals surface area contributed by atoms with Gasteiger partial charge in [0, 0.05) is 10.4 Å². The molecular formula is C29H26ClN3O3. The van der Waals surface area contributed by atoms with Gasteiger partial charge in [-0.25, -0.2) is 4.79 Å². The van der Waals surface area contributed by atoms with Gasteiger partial charge in [-0.1, -0.05) is 35.9 Å². The van der Waals surface area contributed by atoms with Crippen LogP contribution in [0.25, 0.3) is 10.9 Å². The van der Waals surface area contributed by atoms with Crippen LogP contribution in [0, 0.1) is 0 Å². The van der Waals surface area contributed by atoms with E-state index >= 15 is 0 Å². The Labute approximate surface area is 213 Å². The fourth-order valence-electron chi connectivity index (χ4n) is 5.46. The number of rotatable bonds is 6. The Balaban J connectivity index is 1.39. The number of carboxylic acid groups (broad SMARTS) is 1. The zero-order valence-corrected chi connectivity index (χ0v) is 20.5. The molecule has 36 heavy (non-hydrogen) atoms. The summed E-state index contributed by atoms with van der Waals surface area (Å²) in [4.78, 5) is 25.1. The molecule has 0 spiro atoms. The topological polar surface area (TPSA) is 84.2 Å². The van der Waals surface area contributed by atoms with Crippen LogP contribution in [0.4, 0.5) is 0 Å². The predicted molar refractivity (Wildman–Crippen MR) is 139 cm³/mol. The molecule has 1 aromatic heterocycles. The number of amides is 1. The molecule has 0 aliphatic heterocycles.